The number of anilines is 1. The maximum atomic E-state index is 13.0. The fourth-order valence-corrected chi connectivity index (χ4v) is 2.37. The Bertz CT molecular complexity index is 635. The molecule has 4 heteroatoms. The van der Waals surface area contributed by atoms with Crippen LogP contribution in [-0.2, 0) is 0 Å². The largest absolute Gasteiger partial charge is 0.508 e. The van der Waals surface area contributed by atoms with Crippen LogP contribution >= 0.6 is 0 Å². The number of rotatable bonds is 2. The van der Waals surface area contributed by atoms with Gasteiger partial charge in [0.15, 0.2) is 0 Å². The number of hydrazone groups is 1. The number of hydrogen-bond acceptors (Lipinski definition) is 3. The van der Waals surface area contributed by atoms with Crippen molar-refractivity contribution < 1.29 is 9.50 Å². The molecule has 102 valence electrons. The zero-order valence-corrected chi connectivity index (χ0v) is 11.1. The van der Waals surface area contributed by atoms with Gasteiger partial charge in [0.2, 0.25) is 0 Å². The van der Waals surface area contributed by atoms with Crippen LogP contribution in [0.25, 0.3) is 0 Å². The summed E-state index contributed by atoms with van der Waals surface area (Å²) in [6.45, 7) is 2.88. The van der Waals surface area contributed by atoms with Crippen LogP contribution in [0.5, 0.6) is 5.75 Å². The topological polar surface area (TPSA) is 35.8 Å². The van der Waals surface area contributed by atoms with Crippen LogP contribution in [0.1, 0.15) is 12.5 Å². The molecule has 20 heavy (non-hydrogen) atoms. The average molecular weight is 270 g/mol. The zero-order chi connectivity index (χ0) is 14.1. The molecule has 3 rings (SSSR count). The van der Waals surface area contributed by atoms with Gasteiger partial charge in [0.1, 0.15) is 11.6 Å². The van der Waals surface area contributed by atoms with E-state index in [-0.39, 0.29) is 17.5 Å². The van der Waals surface area contributed by atoms with Crippen molar-refractivity contribution in [2.24, 2.45) is 11.0 Å². The molecule has 2 aromatic carbocycles. The predicted octanol–water partition coefficient (Wildman–Crippen LogP) is 3.39. The van der Waals surface area contributed by atoms with Crippen molar-refractivity contribution in [1.82, 2.24) is 0 Å². The summed E-state index contributed by atoms with van der Waals surface area (Å²) in [5.41, 5.74) is 2.84. The van der Waals surface area contributed by atoms with Gasteiger partial charge in [0.25, 0.3) is 0 Å². The highest BCUT2D eigenvalue weighted by molar-refractivity contribution is 6.04. The van der Waals surface area contributed by atoms with Crippen LogP contribution < -0.4 is 5.01 Å². The van der Waals surface area contributed by atoms with E-state index in [9.17, 15) is 9.50 Å². The van der Waals surface area contributed by atoms with E-state index < -0.39 is 0 Å². The predicted molar refractivity (Wildman–Crippen MR) is 77.6 cm³/mol. The molecule has 0 saturated heterocycles. The van der Waals surface area contributed by atoms with Gasteiger partial charge in [-0.25, -0.2) is 4.39 Å². The maximum Gasteiger partial charge on any atom is 0.123 e. The molecule has 0 radical (unpaired) electrons. The van der Waals surface area contributed by atoms with E-state index in [0.717, 1.165) is 23.5 Å². The number of benzene rings is 2. The van der Waals surface area contributed by atoms with E-state index in [1.165, 1.54) is 12.1 Å². The van der Waals surface area contributed by atoms with Crippen molar-refractivity contribution in [2.75, 3.05) is 11.6 Å². The lowest BCUT2D eigenvalue weighted by molar-refractivity contribution is 0.475. The Kier molecular flexibility index (Phi) is 3.14. The molecule has 0 bridgehead atoms. The van der Waals surface area contributed by atoms with E-state index in [4.69, 9.17) is 0 Å². The molecular formula is C16H15FN2O. The van der Waals surface area contributed by atoms with Crippen LogP contribution in [0.15, 0.2) is 53.6 Å². The second-order valence-corrected chi connectivity index (χ2v) is 4.99. The first kappa shape index (κ1) is 12.7. The Morgan fingerprint density at radius 2 is 1.75 bits per heavy atom. The van der Waals surface area contributed by atoms with Gasteiger partial charge in [0, 0.05) is 12.5 Å². The third kappa shape index (κ3) is 2.37. The molecule has 0 aliphatic carbocycles. The minimum atomic E-state index is -0.240. The normalized spacial score (nSPS) is 18.2. The Morgan fingerprint density at radius 3 is 2.40 bits per heavy atom. The summed E-state index contributed by atoms with van der Waals surface area (Å²) in [7, 11) is 0. The van der Waals surface area contributed by atoms with Gasteiger partial charge in [-0.2, -0.15) is 5.10 Å². The summed E-state index contributed by atoms with van der Waals surface area (Å²) < 4.78 is 13.0. The molecule has 0 aromatic heterocycles. The van der Waals surface area contributed by atoms with Crippen molar-refractivity contribution in [3.8, 4) is 5.75 Å². The number of aromatic hydroxyl groups is 1. The number of halogens is 1. The Hall–Kier alpha value is -2.36. The molecule has 2 aromatic rings. The summed E-state index contributed by atoms with van der Waals surface area (Å²) in [4.78, 5) is 0. The number of phenolic OH excluding ortho intramolecular Hbond substituents is 1. The first-order chi connectivity index (χ1) is 9.63. The van der Waals surface area contributed by atoms with Gasteiger partial charge in [-0.3, -0.25) is 5.01 Å². The van der Waals surface area contributed by atoms with Crippen LogP contribution in [0.3, 0.4) is 0 Å². The molecular weight excluding hydrogens is 255 g/mol. The SMILES string of the molecule is CC1CN(c2ccc(O)cc2)N=C1c1ccc(F)cc1. The highest BCUT2D eigenvalue weighted by Crippen LogP contribution is 2.26. The minimum absolute atomic E-state index is 0.240. The van der Waals surface area contributed by atoms with E-state index in [2.05, 4.69) is 12.0 Å². The van der Waals surface area contributed by atoms with Crippen LogP contribution in [0.4, 0.5) is 10.1 Å². The fourth-order valence-electron chi connectivity index (χ4n) is 2.37. The molecule has 1 heterocycles. The number of phenols is 1. The molecule has 1 aliphatic heterocycles. The molecule has 1 N–H and O–H groups in total. The second kappa shape index (κ2) is 4.96. The smallest absolute Gasteiger partial charge is 0.123 e. The van der Waals surface area contributed by atoms with Crippen LogP contribution in [0.2, 0.25) is 0 Å². The highest BCUT2D eigenvalue weighted by atomic mass is 19.1. The lowest BCUT2D eigenvalue weighted by Gasteiger charge is -2.14. The van der Waals surface area contributed by atoms with E-state index in [0.29, 0.717) is 0 Å². The Labute approximate surface area is 117 Å². The highest BCUT2D eigenvalue weighted by Gasteiger charge is 2.24. The van der Waals surface area contributed by atoms with Gasteiger partial charge in [-0.15, -0.1) is 0 Å². The lowest BCUT2D eigenvalue weighted by Crippen LogP contribution is -2.17. The third-order valence-corrected chi connectivity index (χ3v) is 3.43. The van der Waals surface area contributed by atoms with Gasteiger partial charge in [-0.1, -0.05) is 19.1 Å². The fraction of sp³-hybridized carbons (Fsp3) is 0.188. The summed E-state index contributed by atoms with van der Waals surface area (Å²) in [5.74, 6) is 0.272. The molecule has 0 fully saturated rings. The molecule has 3 nitrogen and oxygen atoms in total. The molecule has 0 saturated carbocycles. The summed E-state index contributed by atoms with van der Waals surface area (Å²) >= 11 is 0. The second-order valence-electron chi connectivity index (χ2n) is 4.99. The molecule has 1 unspecified atom stereocenters. The first-order valence-corrected chi connectivity index (χ1v) is 6.54. The third-order valence-electron chi connectivity index (χ3n) is 3.43. The van der Waals surface area contributed by atoms with Crippen LogP contribution in [0, 0.1) is 11.7 Å². The molecule has 0 spiro atoms. The van der Waals surface area contributed by atoms with Crippen molar-refractivity contribution in [3.05, 3.63) is 59.9 Å². The molecule has 0 amide bonds. The first-order valence-electron chi connectivity index (χ1n) is 6.54. The van der Waals surface area contributed by atoms with Crippen molar-refractivity contribution in [1.29, 1.82) is 0 Å². The zero-order valence-electron chi connectivity index (χ0n) is 11.1. The quantitative estimate of drug-likeness (QED) is 0.908. The molecule has 1 aliphatic rings. The molecule has 1 atom stereocenters. The number of nitrogens with zero attached hydrogens (tertiary/aromatic N) is 2. The van der Waals surface area contributed by atoms with Gasteiger partial charge < -0.3 is 5.11 Å². The van der Waals surface area contributed by atoms with Crippen molar-refractivity contribution in [3.63, 3.8) is 0 Å². The summed E-state index contributed by atoms with van der Waals surface area (Å²) in [6, 6.07) is 13.4. The Balaban J connectivity index is 1.90. The van der Waals surface area contributed by atoms with E-state index >= 15 is 0 Å². The minimum Gasteiger partial charge on any atom is -0.508 e. The average Bonchev–Trinajstić information content (AvgIpc) is 2.82. The van der Waals surface area contributed by atoms with Crippen LogP contribution in [-0.4, -0.2) is 17.4 Å². The van der Waals surface area contributed by atoms with Crippen molar-refractivity contribution >= 4 is 11.4 Å². The van der Waals surface area contributed by atoms with Crippen molar-refractivity contribution in [2.45, 2.75) is 6.92 Å². The Morgan fingerprint density at radius 1 is 1.10 bits per heavy atom. The van der Waals surface area contributed by atoms with Gasteiger partial charge in [-0.05, 0) is 42.0 Å². The van der Waals surface area contributed by atoms with Gasteiger partial charge >= 0.3 is 0 Å². The van der Waals surface area contributed by atoms with Gasteiger partial charge in [0.05, 0.1) is 11.4 Å². The monoisotopic (exact) mass is 270 g/mol. The summed E-state index contributed by atoms with van der Waals surface area (Å²) in [6.07, 6.45) is 0. The summed E-state index contributed by atoms with van der Waals surface area (Å²) in [5, 5.41) is 15.8. The van der Waals surface area contributed by atoms with E-state index in [1.807, 2.05) is 17.1 Å². The number of hydrogen-bond donors (Lipinski definition) is 1. The lowest BCUT2D eigenvalue weighted by atomic mass is 9.99. The van der Waals surface area contributed by atoms with E-state index in [1.54, 1.807) is 24.3 Å². The maximum absolute atomic E-state index is 13.0. The standard InChI is InChI=1S/C16H15FN2O/c1-11-10-19(14-6-8-15(20)9-7-14)18-16(11)12-2-4-13(17)5-3-12/h2-9,11,20H,10H2,1H3.